The van der Waals surface area contributed by atoms with Crippen LogP contribution in [0.5, 0.6) is 0 Å². The van der Waals surface area contributed by atoms with Gasteiger partial charge in [0.1, 0.15) is 0 Å². The highest BCUT2D eigenvalue weighted by Gasteiger charge is 2.45. The van der Waals surface area contributed by atoms with E-state index in [4.69, 9.17) is 23.8 Å². The lowest BCUT2D eigenvalue weighted by molar-refractivity contribution is -0.984. The van der Waals surface area contributed by atoms with E-state index < -0.39 is 0 Å². The van der Waals surface area contributed by atoms with Crippen molar-refractivity contribution >= 4 is 34.6 Å². The number of anilines is 1. The maximum Gasteiger partial charge on any atom is 0.171 e. The van der Waals surface area contributed by atoms with Crippen LogP contribution in [0.4, 0.5) is 5.69 Å². The molecular weight excluding hydrogens is 362 g/mol. The summed E-state index contributed by atoms with van der Waals surface area (Å²) in [5, 5.41) is 8.37. The SMILES string of the molecule is S=C(Nc1cccc(Cl)c1)NC1C[C@H]2CCC[C@H](C1)[NH+]2C1CCCCC1. The fourth-order valence-corrected chi connectivity index (χ4v) is 6.18. The Morgan fingerprint density at radius 2 is 1.65 bits per heavy atom. The molecule has 1 aromatic carbocycles. The molecule has 0 spiro atoms. The summed E-state index contributed by atoms with van der Waals surface area (Å²) in [6, 6.07) is 10.9. The molecule has 2 heterocycles. The molecule has 3 nitrogen and oxygen atoms in total. The molecule has 2 bridgehead atoms. The van der Waals surface area contributed by atoms with Crippen LogP contribution in [0, 0.1) is 0 Å². The van der Waals surface area contributed by atoms with E-state index in [0.29, 0.717) is 6.04 Å². The van der Waals surface area contributed by atoms with Gasteiger partial charge in [0.05, 0.1) is 18.1 Å². The van der Waals surface area contributed by atoms with E-state index in [2.05, 4.69) is 10.6 Å². The van der Waals surface area contributed by atoms with Crippen LogP contribution in [0.3, 0.4) is 0 Å². The highest BCUT2D eigenvalue weighted by Crippen LogP contribution is 2.26. The summed E-state index contributed by atoms with van der Waals surface area (Å²) in [4.78, 5) is 1.96. The van der Waals surface area contributed by atoms with Crippen molar-refractivity contribution in [3.63, 3.8) is 0 Å². The average molecular weight is 393 g/mol. The molecule has 1 saturated carbocycles. The van der Waals surface area contributed by atoms with Crippen LogP contribution in [0.2, 0.25) is 5.02 Å². The van der Waals surface area contributed by atoms with Gasteiger partial charge in [-0.2, -0.15) is 0 Å². The van der Waals surface area contributed by atoms with Gasteiger partial charge >= 0.3 is 0 Å². The molecule has 142 valence electrons. The zero-order valence-electron chi connectivity index (χ0n) is 15.5. The van der Waals surface area contributed by atoms with Crippen molar-refractivity contribution in [1.29, 1.82) is 0 Å². The smallest absolute Gasteiger partial charge is 0.171 e. The number of rotatable bonds is 3. The lowest BCUT2D eigenvalue weighted by Crippen LogP contribution is -3.24. The molecule has 3 N–H and O–H groups in total. The highest BCUT2D eigenvalue weighted by atomic mass is 35.5. The Morgan fingerprint density at radius 1 is 0.962 bits per heavy atom. The number of fused-ring (bicyclic) bond motifs is 2. The van der Waals surface area contributed by atoms with Crippen LogP contribution in [0.25, 0.3) is 0 Å². The van der Waals surface area contributed by atoms with Gasteiger partial charge in [-0.3, -0.25) is 0 Å². The van der Waals surface area contributed by atoms with Crippen molar-refractivity contribution in [3.8, 4) is 0 Å². The van der Waals surface area contributed by atoms with Gasteiger partial charge in [-0.25, -0.2) is 0 Å². The van der Waals surface area contributed by atoms with E-state index in [-0.39, 0.29) is 0 Å². The number of halogens is 1. The van der Waals surface area contributed by atoms with E-state index in [1.807, 2.05) is 29.2 Å². The Morgan fingerprint density at radius 3 is 2.35 bits per heavy atom. The molecule has 0 amide bonds. The predicted octanol–water partition coefficient (Wildman–Crippen LogP) is 3.93. The molecule has 2 aliphatic heterocycles. The molecule has 3 aliphatic rings. The largest absolute Gasteiger partial charge is 0.359 e. The third-order valence-corrected chi connectivity index (χ3v) is 7.14. The topological polar surface area (TPSA) is 28.5 Å². The number of piperidine rings is 2. The van der Waals surface area contributed by atoms with E-state index in [1.54, 1.807) is 0 Å². The maximum absolute atomic E-state index is 6.07. The summed E-state index contributed by atoms with van der Waals surface area (Å²) in [6.45, 7) is 0. The summed E-state index contributed by atoms with van der Waals surface area (Å²) in [6.07, 6.45) is 14.0. The lowest BCUT2D eigenvalue weighted by atomic mass is 9.78. The van der Waals surface area contributed by atoms with Gasteiger partial charge in [0.2, 0.25) is 0 Å². The first-order valence-corrected chi connectivity index (χ1v) is 11.2. The summed E-state index contributed by atoms with van der Waals surface area (Å²) in [5.74, 6) is 0. The first kappa shape index (κ1) is 18.5. The van der Waals surface area contributed by atoms with Crippen LogP contribution in [0.1, 0.15) is 64.2 Å². The minimum Gasteiger partial charge on any atom is -0.359 e. The van der Waals surface area contributed by atoms with Crippen LogP contribution >= 0.6 is 23.8 Å². The number of quaternary nitrogens is 1. The number of benzene rings is 1. The van der Waals surface area contributed by atoms with Gasteiger partial charge in [0.25, 0.3) is 0 Å². The molecule has 0 aromatic heterocycles. The summed E-state index contributed by atoms with van der Waals surface area (Å²) >= 11 is 11.6. The molecular formula is C21H31ClN3S+. The summed E-state index contributed by atoms with van der Waals surface area (Å²) < 4.78 is 0. The second kappa shape index (κ2) is 8.45. The van der Waals surface area contributed by atoms with E-state index in [0.717, 1.165) is 33.9 Å². The Hall–Kier alpha value is -0.840. The number of hydrogen-bond acceptors (Lipinski definition) is 1. The lowest BCUT2D eigenvalue weighted by Gasteiger charge is -2.50. The van der Waals surface area contributed by atoms with Crippen molar-refractivity contribution < 1.29 is 4.90 Å². The Bertz CT molecular complexity index is 617. The molecule has 0 radical (unpaired) electrons. The number of nitrogens with one attached hydrogen (secondary N) is 3. The summed E-state index contributed by atoms with van der Waals surface area (Å²) in [5.41, 5.74) is 0.959. The third kappa shape index (κ3) is 4.35. The number of hydrogen-bond donors (Lipinski definition) is 3. The van der Waals surface area contributed by atoms with Gasteiger partial charge in [-0.1, -0.05) is 24.1 Å². The quantitative estimate of drug-likeness (QED) is 0.680. The average Bonchev–Trinajstić information content (AvgIpc) is 2.61. The zero-order chi connectivity index (χ0) is 17.9. The first-order chi connectivity index (χ1) is 12.7. The number of thiocarbonyl (C=S) groups is 1. The van der Waals surface area contributed by atoms with E-state index >= 15 is 0 Å². The van der Waals surface area contributed by atoms with E-state index in [9.17, 15) is 0 Å². The predicted molar refractivity (Wildman–Crippen MR) is 113 cm³/mol. The second-order valence-electron chi connectivity index (χ2n) is 8.44. The van der Waals surface area contributed by atoms with Gasteiger partial charge < -0.3 is 15.5 Å². The molecule has 5 heteroatoms. The van der Waals surface area contributed by atoms with Crippen LogP contribution in [0.15, 0.2) is 24.3 Å². The highest BCUT2D eigenvalue weighted by molar-refractivity contribution is 7.80. The third-order valence-electron chi connectivity index (χ3n) is 6.68. The maximum atomic E-state index is 6.07. The Balaban J connectivity index is 1.35. The molecule has 2 atom stereocenters. The van der Waals surface area contributed by atoms with Gasteiger partial charge in [-0.15, -0.1) is 0 Å². The summed E-state index contributed by atoms with van der Waals surface area (Å²) in [7, 11) is 0. The first-order valence-electron chi connectivity index (χ1n) is 10.4. The van der Waals surface area contributed by atoms with Gasteiger partial charge in [0, 0.05) is 29.6 Å². The monoisotopic (exact) mass is 392 g/mol. The fourth-order valence-electron chi connectivity index (χ4n) is 5.71. The Kier molecular flexibility index (Phi) is 6.02. The van der Waals surface area contributed by atoms with Gasteiger partial charge in [-0.05, 0) is 75.4 Å². The molecule has 2 saturated heterocycles. The van der Waals surface area contributed by atoms with Crippen molar-refractivity contribution in [2.75, 3.05) is 5.32 Å². The second-order valence-corrected chi connectivity index (χ2v) is 9.28. The van der Waals surface area contributed by atoms with Crippen molar-refractivity contribution in [1.82, 2.24) is 5.32 Å². The van der Waals surface area contributed by atoms with Gasteiger partial charge in [0.15, 0.2) is 5.11 Å². The van der Waals surface area contributed by atoms with Crippen molar-refractivity contribution in [2.24, 2.45) is 0 Å². The minimum absolute atomic E-state index is 0.511. The Labute approximate surface area is 167 Å². The standard InChI is InChI=1S/C21H30ClN3S/c22-15-6-4-7-16(12-15)23-21(26)24-17-13-19-10-5-11-20(14-17)25(19)18-8-2-1-3-9-18/h4,6-7,12,17-20H,1-3,5,8-11,13-14H2,(H2,23,24,26)/p+1/t19-,20-/m1/s1. The molecule has 1 aromatic rings. The molecule has 1 aliphatic carbocycles. The van der Waals surface area contributed by atoms with Crippen LogP contribution < -0.4 is 15.5 Å². The fraction of sp³-hybridized carbons (Fsp3) is 0.667. The normalized spacial score (nSPS) is 32.0. The van der Waals surface area contributed by atoms with Crippen LogP contribution in [-0.4, -0.2) is 29.3 Å². The van der Waals surface area contributed by atoms with Crippen LogP contribution in [-0.2, 0) is 0 Å². The van der Waals surface area contributed by atoms with Crippen molar-refractivity contribution in [2.45, 2.75) is 88.4 Å². The molecule has 4 rings (SSSR count). The molecule has 3 fully saturated rings. The molecule has 0 unspecified atom stereocenters. The minimum atomic E-state index is 0.511. The molecule has 26 heavy (non-hydrogen) atoms. The van der Waals surface area contributed by atoms with Crippen molar-refractivity contribution in [3.05, 3.63) is 29.3 Å². The zero-order valence-corrected chi connectivity index (χ0v) is 17.0. The van der Waals surface area contributed by atoms with E-state index in [1.165, 1.54) is 64.2 Å².